The van der Waals surface area contributed by atoms with Gasteiger partial charge in [-0.05, 0) is 61.7 Å². The highest BCUT2D eigenvalue weighted by Gasteiger charge is 2.37. The highest BCUT2D eigenvalue weighted by atomic mass is 16.5. The number of nitrogens with zero attached hydrogens (tertiary/aromatic N) is 2. The van der Waals surface area contributed by atoms with E-state index in [4.69, 9.17) is 15.2 Å². The summed E-state index contributed by atoms with van der Waals surface area (Å²) < 4.78 is 11.0. The Kier molecular flexibility index (Phi) is 4.51. The van der Waals surface area contributed by atoms with Crippen LogP contribution >= 0.6 is 0 Å². The van der Waals surface area contributed by atoms with Gasteiger partial charge in [0.05, 0.1) is 24.3 Å². The smallest absolute Gasteiger partial charge is 0.244 e. The summed E-state index contributed by atoms with van der Waals surface area (Å²) in [6.45, 7) is 6.18. The van der Waals surface area contributed by atoms with Crippen molar-refractivity contribution >= 4 is 0 Å². The average Bonchev–Trinajstić information content (AvgIpc) is 3.10. The van der Waals surface area contributed by atoms with Crippen LogP contribution in [-0.4, -0.2) is 17.3 Å². The number of nitriles is 1. The Bertz CT molecular complexity index is 1140. The van der Waals surface area contributed by atoms with Gasteiger partial charge >= 0.3 is 0 Å². The van der Waals surface area contributed by atoms with Gasteiger partial charge in [-0.15, -0.1) is 5.10 Å². The number of rotatable bonds is 3. The Morgan fingerprint density at radius 2 is 1.76 bits per heavy atom. The number of methoxy groups -OCH3 is 1. The lowest BCUT2D eigenvalue weighted by molar-refractivity contribution is 0.379. The van der Waals surface area contributed by atoms with Crippen LogP contribution in [0.4, 0.5) is 0 Å². The molecule has 146 valence electrons. The van der Waals surface area contributed by atoms with Crippen molar-refractivity contribution in [2.45, 2.75) is 26.7 Å². The highest BCUT2D eigenvalue weighted by Crippen LogP contribution is 2.47. The molecule has 3 aromatic rings. The van der Waals surface area contributed by atoms with E-state index in [1.807, 2.05) is 24.3 Å². The fourth-order valence-corrected chi connectivity index (χ4v) is 4.16. The largest absolute Gasteiger partial charge is 0.497 e. The van der Waals surface area contributed by atoms with Crippen LogP contribution in [0.2, 0.25) is 0 Å². The number of benzene rings is 2. The van der Waals surface area contributed by atoms with E-state index in [2.05, 4.69) is 49.2 Å². The fraction of sp³-hybridized carbons (Fsp3) is 0.217. The van der Waals surface area contributed by atoms with Gasteiger partial charge < -0.3 is 15.2 Å². The molecule has 6 heteroatoms. The van der Waals surface area contributed by atoms with E-state index in [-0.39, 0.29) is 11.8 Å². The number of hydrogen-bond donors (Lipinski definition) is 2. The van der Waals surface area contributed by atoms with E-state index in [0.29, 0.717) is 11.5 Å². The first kappa shape index (κ1) is 18.6. The predicted octanol–water partition coefficient (Wildman–Crippen LogP) is 4.23. The summed E-state index contributed by atoms with van der Waals surface area (Å²) in [5, 5.41) is 17.3. The Labute approximate surface area is 169 Å². The molecule has 0 spiro atoms. The minimum atomic E-state index is -0.361. The standard InChI is InChI=1S/C23H22N4O2/c1-12-9-13(2)18(14(3)10-12)19-17(11-24)22(25)29-23-20(19)21(26-27-23)15-5-7-16(28-4)8-6-15/h5-10,19H,25H2,1-4H3,(H,26,27). The van der Waals surface area contributed by atoms with E-state index >= 15 is 0 Å². The number of ether oxygens (including phenoxy) is 2. The van der Waals surface area contributed by atoms with Crippen LogP contribution in [0.5, 0.6) is 11.6 Å². The van der Waals surface area contributed by atoms with Crippen molar-refractivity contribution in [3.63, 3.8) is 0 Å². The summed E-state index contributed by atoms with van der Waals surface area (Å²) in [5.41, 5.74) is 13.5. The van der Waals surface area contributed by atoms with Gasteiger partial charge in [-0.3, -0.25) is 5.10 Å². The molecule has 0 bridgehead atoms. The van der Waals surface area contributed by atoms with Gasteiger partial charge in [0.2, 0.25) is 11.8 Å². The lowest BCUT2D eigenvalue weighted by Crippen LogP contribution is -2.22. The number of nitrogens with two attached hydrogens (primary N) is 1. The maximum absolute atomic E-state index is 9.91. The molecule has 0 aliphatic carbocycles. The Morgan fingerprint density at radius 3 is 2.34 bits per heavy atom. The summed E-state index contributed by atoms with van der Waals surface area (Å²) in [6, 6.07) is 14.2. The molecule has 0 fully saturated rings. The fourth-order valence-electron chi connectivity index (χ4n) is 4.16. The quantitative estimate of drug-likeness (QED) is 0.702. The first-order chi connectivity index (χ1) is 13.9. The summed E-state index contributed by atoms with van der Waals surface area (Å²) in [4.78, 5) is 0. The Balaban J connectivity index is 1.97. The van der Waals surface area contributed by atoms with Gasteiger partial charge in [-0.2, -0.15) is 5.26 Å². The van der Waals surface area contributed by atoms with Crippen LogP contribution in [-0.2, 0) is 0 Å². The predicted molar refractivity (Wildman–Crippen MR) is 111 cm³/mol. The molecule has 1 aliphatic heterocycles. The molecule has 2 heterocycles. The number of H-pyrrole nitrogens is 1. The zero-order valence-corrected chi connectivity index (χ0v) is 16.8. The van der Waals surface area contributed by atoms with Crippen molar-refractivity contribution in [2.75, 3.05) is 7.11 Å². The molecule has 3 N–H and O–H groups in total. The van der Waals surface area contributed by atoms with Crippen LogP contribution in [0.25, 0.3) is 11.3 Å². The average molecular weight is 386 g/mol. The zero-order valence-electron chi connectivity index (χ0n) is 16.8. The molecule has 1 unspecified atom stereocenters. The number of allylic oxidation sites excluding steroid dienone is 1. The minimum absolute atomic E-state index is 0.0946. The summed E-state index contributed by atoms with van der Waals surface area (Å²) >= 11 is 0. The first-order valence-electron chi connectivity index (χ1n) is 9.32. The molecule has 0 saturated carbocycles. The Hall–Kier alpha value is -3.72. The summed E-state index contributed by atoms with van der Waals surface area (Å²) in [5.74, 6) is 0.899. The van der Waals surface area contributed by atoms with Crippen molar-refractivity contribution < 1.29 is 9.47 Å². The van der Waals surface area contributed by atoms with Crippen LogP contribution in [0, 0.1) is 32.1 Å². The van der Waals surface area contributed by atoms with E-state index in [0.717, 1.165) is 39.3 Å². The van der Waals surface area contributed by atoms with Crippen LogP contribution in [0.15, 0.2) is 47.9 Å². The molecule has 2 aromatic carbocycles. The normalized spacial score (nSPS) is 15.5. The number of aryl methyl sites for hydroxylation is 3. The van der Waals surface area contributed by atoms with Gasteiger partial charge in [0.15, 0.2) is 0 Å². The van der Waals surface area contributed by atoms with Crippen molar-refractivity contribution in [1.82, 2.24) is 10.2 Å². The molecule has 1 atom stereocenters. The summed E-state index contributed by atoms with van der Waals surface area (Å²) in [7, 11) is 1.63. The number of hydrogen-bond acceptors (Lipinski definition) is 5. The molecule has 0 radical (unpaired) electrons. The van der Waals surface area contributed by atoms with Crippen LogP contribution in [0.3, 0.4) is 0 Å². The lowest BCUT2D eigenvalue weighted by atomic mass is 9.79. The van der Waals surface area contributed by atoms with Gasteiger partial charge in [-0.1, -0.05) is 17.7 Å². The first-order valence-corrected chi connectivity index (χ1v) is 9.32. The van der Waals surface area contributed by atoms with Crippen molar-refractivity contribution in [3.05, 3.63) is 75.7 Å². The van der Waals surface area contributed by atoms with Crippen molar-refractivity contribution in [1.29, 1.82) is 5.26 Å². The molecule has 6 nitrogen and oxygen atoms in total. The molecular formula is C23H22N4O2. The summed E-state index contributed by atoms with van der Waals surface area (Å²) in [6.07, 6.45) is 0. The highest BCUT2D eigenvalue weighted by molar-refractivity contribution is 5.72. The Morgan fingerprint density at radius 1 is 1.10 bits per heavy atom. The number of aromatic nitrogens is 2. The molecular weight excluding hydrogens is 364 g/mol. The third-order valence-corrected chi connectivity index (χ3v) is 5.34. The second-order valence-electron chi connectivity index (χ2n) is 7.28. The van der Waals surface area contributed by atoms with E-state index in [1.165, 1.54) is 5.56 Å². The third kappa shape index (κ3) is 3.01. The van der Waals surface area contributed by atoms with Crippen molar-refractivity contribution in [2.24, 2.45) is 5.73 Å². The van der Waals surface area contributed by atoms with E-state index in [1.54, 1.807) is 7.11 Å². The molecule has 4 rings (SSSR count). The van der Waals surface area contributed by atoms with Crippen molar-refractivity contribution in [3.8, 4) is 29.0 Å². The number of fused-ring (bicyclic) bond motifs is 1. The second-order valence-corrected chi connectivity index (χ2v) is 7.28. The second kappa shape index (κ2) is 7.02. The molecule has 0 saturated heterocycles. The van der Waals surface area contributed by atoms with Crippen LogP contribution < -0.4 is 15.2 Å². The zero-order chi connectivity index (χ0) is 20.7. The maximum Gasteiger partial charge on any atom is 0.244 e. The monoisotopic (exact) mass is 386 g/mol. The SMILES string of the molecule is COc1ccc(-c2[nH]nc3c2C(c2c(C)cc(C)cc2C)C(C#N)=C(N)O3)cc1. The van der Waals surface area contributed by atoms with Gasteiger partial charge in [0, 0.05) is 5.56 Å². The number of nitrogens with one attached hydrogen (secondary N) is 1. The minimum Gasteiger partial charge on any atom is -0.497 e. The van der Waals surface area contributed by atoms with E-state index in [9.17, 15) is 5.26 Å². The number of aromatic amines is 1. The topological polar surface area (TPSA) is 97.0 Å². The maximum atomic E-state index is 9.91. The van der Waals surface area contributed by atoms with Crippen LogP contribution in [0.1, 0.15) is 33.7 Å². The van der Waals surface area contributed by atoms with Gasteiger partial charge in [0.1, 0.15) is 17.4 Å². The van der Waals surface area contributed by atoms with Gasteiger partial charge in [-0.25, -0.2) is 0 Å². The molecule has 29 heavy (non-hydrogen) atoms. The molecule has 0 amide bonds. The third-order valence-electron chi connectivity index (χ3n) is 5.34. The van der Waals surface area contributed by atoms with E-state index < -0.39 is 0 Å². The molecule has 1 aromatic heterocycles. The lowest BCUT2D eigenvalue weighted by Gasteiger charge is -2.27. The van der Waals surface area contributed by atoms with Gasteiger partial charge in [0.25, 0.3) is 0 Å². The molecule has 1 aliphatic rings.